The van der Waals surface area contributed by atoms with Crippen LogP contribution >= 0.6 is 0 Å². The number of phenols is 1. The SMILES string of the molecule is CC(C)CCCCCC(=O)Nc1ccccc1.NC1CC(N)CN(c2nc(Nc3ccc(N=S(=O)=O)c(O)c3)nc(N3CC(N)CC(N)C3)n2)C1. The Hall–Kier alpha value is -4.42. The lowest BCUT2D eigenvalue weighted by Crippen LogP contribution is -2.54. The molecule has 2 saturated heterocycles. The summed E-state index contributed by atoms with van der Waals surface area (Å²) in [4.78, 5) is 29.2. The summed E-state index contributed by atoms with van der Waals surface area (Å²) in [6, 6.07) is 13.4. The number of unbranched alkanes of at least 4 members (excludes halogenated alkanes) is 2. The molecule has 0 saturated carbocycles. The number of nitrogens with two attached hydrogens (primary N) is 4. The van der Waals surface area contributed by atoms with Crippen LogP contribution in [0.1, 0.15) is 58.8 Å². The van der Waals surface area contributed by atoms with Gasteiger partial charge in [-0.25, -0.2) is 0 Å². The second-order valence-electron chi connectivity index (χ2n) is 13.6. The summed E-state index contributed by atoms with van der Waals surface area (Å²) in [5.74, 6) is 1.61. The predicted octanol–water partition coefficient (Wildman–Crippen LogP) is 2.98. The van der Waals surface area contributed by atoms with Gasteiger partial charge in [-0.15, -0.1) is 4.36 Å². The summed E-state index contributed by atoms with van der Waals surface area (Å²) in [6.07, 6.45) is 6.69. The second kappa shape index (κ2) is 19.3. The van der Waals surface area contributed by atoms with Crippen LogP contribution in [0.4, 0.5) is 34.9 Å². The summed E-state index contributed by atoms with van der Waals surface area (Å²) in [5.41, 5.74) is 25.9. The Kier molecular flexibility index (Phi) is 14.9. The van der Waals surface area contributed by atoms with Crippen LogP contribution in [0.15, 0.2) is 52.9 Å². The molecule has 5 rings (SSSR count). The van der Waals surface area contributed by atoms with Gasteiger partial charge in [0, 0.05) is 74.2 Å². The third-order valence-electron chi connectivity index (χ3n) is 8.36. The maximum Gasteiger partial charge on any atom is 0.316 e. The Morgan fingerprint density at radius 3 is 1.92 bits per heavy atom. The largest absolute Gasteiger partial charge is 0.506 e. The topological polar surface area (TPSA) is 257 Å². The molecule has 0 aliphatic carbocycles. The minimum atomic E-state index is -2.69. The number of benzene rings is 2. The molecule has 3 aromatic rings. The lowest BCUT2D eigenvalue weighted by molar-refractivity contribution is -0.116. The van der Waals surface area contributed by atoms with Crippen LogP contribution in [0.5, 0.6) is 5.75 Å². The van der Waals surface area contributed by atoms with E-state index in [2.05, 4.69) is 43.8 Å². The third-order valence-corrected chi connectivity index (χ3v) is 8.70. The van der Waals surface area contributed by atoms with Crippen molar-refractivity contribution in [3.63, 3.8) is 0 Å². The van der Waals surface area contributed by atoms with Crippen LogP contribution in [-0.4, -0.2) is 84.7 Å². The lowest BCUT2D eigenvalue weighted by atomic mass is 10.0. The van der Waals surface area contributed by atoms with Crippen LogP contribution in [0.25, 0.3) is 0 Å². The summed E-state index contributed by atoms with van der Waals surface area (Å²) >= 11 is 0. The number of phenolic OH excluding ortho intramolecular Hbond substituents is 1. The Bertz CT molecular complexity index is 1640. The van der Waals surface area contributed by atoms with Gasteiger partial charge in [-0.1, -0.05) is 51.3 Å². The zero-order valence-corrected chi connectivity index (χ0v) is 30.2. The summed E-state index contributed by atoms with van der Waals surface area (Å²) in [6.45, 7) is 6.64. The standard InChI is InChI=1S/C19H29N11O3S.C15H23NO/c20-10-3-11(21)7-29(6-10)18-25-17(24-14-1-2-15(16(31)5-14)28-34(32)33)26-19(27-18)30-8-12(22)4-13(23)9-30;1-13(2)9-5-3-8-12-15(17)16-14-10-6-4-7-11-14/h1-2,5,10-13,31H,3-4,6-9,20-23H2,(H,24,25,26,27);4,6-7,10-11,13H,3,5,8-9,12H2,1-2H3,(H,16,17). The van der Waals surface area contributed by atoms with Crippen molar-refractivity contribution in [2.75, 3.05) is 46.6 Å². The number of piperidine rings is 2. The number of carbonyl (C=O) groups excluding carboxylic acids is 1. The van der Waals surface area contributed by atoms with Crippen LogP contribution in [0.2, 0.25) is 0 Å². The van der Waals surface area contributed by atoms with Crippen molar-refractivity contribution in [3.05, 3.63) is 48.5 Å². The van der Waals surface area contributed by atoms with Crippen molar-refractivity contribution in [2.45, 2.75) is 83.0 Å². The number of anilines is 5. The molecule has 16 nitrogen and oxygen atoms in total. The molecule has 3 heterocycles. The molecule has 0 bridgehead atoms. The number of carbonyl (C=O) groups is 1. The van der Waals surface area contributed by atoms with Crippen LogP contribution < -0.4 is 43.4 Å². The molecule has 2 fully saturated rings. The van der Waals surface area contributed by atoms with E-state index in [0.717, 1.165) is 24.4 Å². The molecule has 4 unspecified atom stereocenters. The van der Waals surface area contributed by atoms with Gasteiger partial charge in [0.1, 0.15) is 11.4 Å². The zero-order valence-electron chi connectivity index (χ0n) is 29.4. The van der Waals surface area contributed by atoms with E-state index < -0.39 is 10.5 Å². The van der Waals surface area contributed by atoms with Crippen molar-refractivity contribution in [1.82, 2.24) is 15.0 Å². The van der Waals surface area contributed by atoms with Gasteiger partial charge in [-0.05, 0) is 49.4 Å². The zero-order chi connectivity index (χ0) is 36.9. The predicted molar refractivity (Wildman–Crippen MR) is 201 cm³/mol. The monoisotopic (exact) mass is 724 g/mol. The molecule has 1 aromatic heterocycles. The van der Waals surface area contributed by atoms with Crippen molar-refractivity contribution in [1.29, 1.82) is 0 Å². The van der Waals surface area contributed by atoms with Gasteiger partial charge < -0.3 is 48.5 Å². The van der Waals surface area contributed by atoms with Crippen LogP contribution in [-0.2, 0) is 15.3 Å². The number of aromatic nitrogens is 3. The first-order chi connectivity index (χ1) is 24.3. The van der Waals surface area contributed by atoms with Crippen molar-refractivity contribution < 1.29 is 18.3 Å². The Labute approximate surface area is 301 Å². The average Bonchev–Trinajstić information content (AvgIpc) is 3.05. The van der Waals surface area contributed by atoms with E-state index in [1.165, 1.54) is 25.0 Å². The molecule has 0 spiro atoms. The fraction of sp³-hybridized carbons (Fsp3) is 0.529. The molecule has 51 heavy (non-hydrogen) atoms. The summed E-state index contributed by atoms with van der Waals surface area (Å²) < 4.78 is 24.9. The van der Waals surface area contributed by atoms with Crippen LogP contribution in [0.3, 0.4) is 0 Å². The molecule has 0 radical (unpaired) electrons. The van der Waals surface area contributed by atoms with Gasteiger partial charge in [0.05, 0.1) is 0 Å². The fourth-order valence-electron chi connectivity index (χ4n) is 6.02. The molecule has 4 atom stereocenters. The van der Waals surface area contributed by atoms with Gasteiger partial charge in [-0.3, -0.25) is 4.79 Å². The highest BCUT2D eigenvalue weighted by Gasteiger charge is 2.29. The quantitative estimate of drug-likeness (QED) is 0.133. The molecule has 1 amide bonds. The van der Waals surface area contributed by atoms with Crippen molar-refractivity contribution in [3.8, 4) is 5.75 Å². The molecule has 2 aliphatic heterocycles. The Balaban J connectivity index is 0.000000289. The molecular weight excluding hydrogens is 673 g/mol. The smallest absolute Gasteiger partial charge is 0.316 e. The molecule has 2 aromatic carbocycles. The van der Waals surface area contributed by atoms with E-state index in [0.29, 0.717) is 63.0 Å². The maximum atomic E-state index is 11.6. The molecule has 2 aliphatic rings. The van der Waals surface area contributed by atoms with Gasteiger partial charge in [0.25, 0.3) is 0 Å². The van der Waals surface area contributed by atoms with Gasteiger partial charge in [-0.2, -0.15) is 23.4 Å². The minimum absolute atomic E-state index is 0.0801. The number of nitrogens with zero attached hydrogens (tertiary/aromatic N) is 6. The van der Waals surface area contributed by atoms with Gasteiger partial charge in [0.2, 0.25) is 23.8 Å². The number of hydrogen-bond donors (Lipinski definition) is 7. The third kappa shape index (κ3) is 13.3. The second-order valence-corrected chi connectivity index (χ2v) is 14.2. The highest BCUT2D eigenvalue weighted by Crippen LogP contribution is 2.31. The number of para-hydroxylation sites is 1. The van der Waals surface area contributed by atoms with E-state index in [-0.39, 0.29) is 47.5 Å². The van der Waals surface area contributed by atoms with Crippen LogP contribution in [0, 0.1) is 5.92 Å². The summed E-state index contributed by atoms with van der Waals surface area (Å²) in [5, 5.41) is 16.1. The Morgan fingerprint density at radius 1 is 0.843 bits per heavy atom. The first kappa shape index (κ1) is 39.4. The molecule has 278 valence electrons. The number of hydrogen-bond acceptors (Lipinski definition) is 15. The van der Waals surface area contributed by atoms with E-state index in [1.807, 2.05) is 40.1 Å². The first-order valence-corrected chi connectivity index (χ1v) is 18.4. The minimum Gasteiger partial charge on any atom is -0.506 e. The van der Waals surface area contributed by atoms with E-state index >= 15 is 0 Å². The normalized spacial score (nSPS) is 20.3. The molecular formula is C34H52N12O4S. The fourth-order valence-corrected chi connectivity index (χ4v) is 6.34. The van der Waals surface area contributed by atoms with Gasteiger partial charge >= 0.3 is 10.5 Å². The highest BCUT2D eigenvalue weighted by atomic mass is 32.2. The average molecular weight is 725 g/mol. The van der Waals surface area contributed by atoms with E-state index in [9.17, 15) is 18.3 Å². The van der Waals surface area contributed by atoms with E-state index in [1.54, 1.807) is 6.07 Å². The highest BCUT2D eigenvalue weighted by molar-refractivity contribution is 7.61. The molecule has 11 N–H and O–H groups in total. The lowest BCUT2D eigenvalue weighted by Gasteiger charge is -2.37. The van der Waals surface area contributed by atoms with Gasteiger partial charge in [0.15, 0.2) is 0 Å². The maximum absolute atomic E-state index is 11.6. The number of aromatic hydroxyl groups is 1. The Morgan fingerprint density at radius 2 is 1.41 bits per heavy atom. The van der Waals surface area contributed by atoms with Crippen molar-refractivity contribution in [2.24, 2.45) is 33.2 Å². The number of amides is 1. The first-order valence-electron chi connectivity index (χ1n) is 17.4. The van der Waals surface area contributed by atoms with Crippen molar-refractivity contribution >= 4 is 51.3 Å². The molecule has 17 heteroatoms. The number of rotatable bonds is 12. The van der Waals surface area contributed by atoms with E-state index in [4.69, 9.17) is 22.9 Å². The number of nitrogens with one attached hydrogen (secondary N) is 2. The summed E-state index contributed by atoms with van der Waals surface area (Å²) in [7, 11) is -2.69.